The molecular weight excluding hydrogens is 315 g/mol. The van der Waals surface area contributed by atoms with Gasteiger partial charge in [-0.3, -0.25) is 4.79 Å². The van der Waals surface area contributed by atoms with Crippen molar-refractivity contribution in [3.63, 3.8) is 0 Å². The molecule has 0 aliphatic carbocycles. The molecular formula is C10H8BrClO5. The third-order valence-corrected chi connectivity index (χ3v) is 2.86. The second kappa shape index (κ2) is 5.37. The molecule has 1 aromatic rings. The lowest BCUT2D eigenvalue weighted by atomic mass is 10.1. The van der Waals surface area contributed by atoms with Crippen LogP contribution in [0.4, 0.5) is 0 Å². The van der Waals surface area contributed by atoms with Gasteiger partial charge in [0.1, 0.15) is 0 Å². The first kappa shape index (κ1) is 13.8. The van der Waals surface area contributed by atoms with E-state index in [1.165, 1.54) is 20.3 Å². The molecule has 17 heavy (non-hydrogen) atoms. The normalized spacial score (nSPS) is 9.88. The van der Waals surface area contributed by atoms with Crippen molar-refractivity contribution in [3.05, 3.63) is 21.1 Å². The molecule has 0 saturated heterocycles. The van der Waals surface area contributed by atoms with E-state index >= 15 is 0 Å². The van der Waals surface area contributed by atoms with E-state index in [1.54, 1.807) is 0 Å². The molecule has 1 N–H and O–H groups in total. The second-order valence-electron chi connectivity index (χ2n) is 2.92. The van der Waals surface area contributed by atoms with Gasteiger partial charge in [-0.1, -0.05) is 11.6 Å². The van der Waals surface area contributed by atoms with Crippen molar-refractivity contribution in [3.8, 4) is 11.5 Å². The van der Waals surface area contributed by atoms with Crippen molar-refractivity contribution in [2.24, 2.45) is 0 Å². The number of methoxy groups -OCH3 is 2. The number of carboxylic acids is 1. The van der Waals surface area contributed by atoms with Gasteiger partial charge in [0, 0.05) is 0 Å². The van der Waals surface area contributed by atoms with Crippen molar-refractivity contribution in [2.75, 3.05) is 14.2 Å². The summed E-state index contributed by atoms with van der Waals surface area (Å²) in [5.41, 5.74) is -0.235. The second-order valence-corrected chi connectivity index (χ2v) is 4.18. The highest BCUT2D eigenvalue weighted by molar-refractivity contribution is 9.10. The quantitative estimate of drug-likeness (QED) is 0.680. The Morgan fingerprint density at radius 2 is 1.82 bits per heavy atom. The van der Waals surface area contributed by atoms with Gasteiger partial charge in [-0.2, -0.15) is 0 Å². The average molecular weight is 324 g/mol. The number of ether oxygens (including phenoxy) is 2. The van der Waals surface area contributed by atoms with Gasteiger partial charge >= 0.3 is 5.97 Å². The third kappa shape index (κ3) is 2.53. The Labute approximate surface area is 110 Å². The summed E-state index contributed by atoms with van der Waals surface area (Å²) < 4.78 is 10.5. The Morgan fingerprint density at radius 1 is 1.29 bits per heavy atom. The summed E-state index contributed by atoms with van der Waals surface area (Å²) in [6.45, 7) is 0. The first-order valence-electron chi connectivity index (χ1n) is 4.31. The van der Waals surface area contributed by atoms with E-state index in [0.29, 0.717) is 4.47 Å². The summed E-state index contributed by atoms with van der Waals surface area (Å²) in [5.74, 6) is -2.58. The van der Waals surface area contributed by atoms with Crippen LogP contribution in [0.2, 0.25) is 5.02 Å². The molecule has 0 atom stereocenters. The highest BCUT2D eigenvalue weighted by Crippen LogP contribution is 2.42. The van der Waals surface area contributed by atoms with Crippen LogP contribution >= 0.6 is 27.5 Å². The van der Waals surface area contributed by atoms with Gasteiger partial charge in [0.05, 0.1) is 29.3 Å². The standard InChI is InChI=1S/C10H8BrClO5/c1-16-8-4(11)3-5(12)6(9(8)17-2)7(13)10(14)15/h3H,1-2H3,(H,14,15). The molecule has 0 unspecified atom stereocenters. The Hall–Kier alpha value is -1.27. The highest BCUT2D eigenvalue weighted by Gasteiger charge is 2.27. The maximum absolute atomic E-state index is 11.5. The SMILES string of the molecule is COc1c(Br)cc(Cl)c(C(=O)C(=O)O)c1OC. The van der Waals surface area contributed by atoms with E-state index in [-0.39, 0.29) is 22.1 Å². The molecule has 0 fully saturated rings. The molecule has 1 rings (SSSR count). The maximum Gasteiger partial charge on any atom is 0.377 e. The van der Waals surface area contributed by atoms with Gasteiger partial charge in [-0.05, 0) is 22.0 Å². The van der Waals surface area contributed by atoms with E-state index in [9.17, 15) is 9.59 Å². The van der Waals surface area contributed by atoms with Crippen molar-refractivity contribution in [1.29, 1.82) is 0 Å². The van der Waals surface area contributed by atoms with E-state index in [1.807, 2.05) is 0 Å². The number of rotatable bonds is 4. The van der Waals surface area contributed by atoms with E-state index < -0.39 is 11.8 Å². The molecule has 0 radical (unpaired) electrons. The highest BCUT2D eigenvalue weighted by atomic mass is 79.9. The predicted octanol–water partition coefficient (Wildman–Crippen LogP) is 2.39. The minimum absolute atomic E-state index is 0.0146. The van der Waals surface area contributed by atoms with E-state index in [4.69, 9.17) is 26.2 Å². The zero-order valence-electron chi connectivity index (χ0n) is 8.91. The molecule has 0 aliphatic heterocycles. The minimum Gasteiger partial charge on any atom is -0.492 e. The summed E-state index contributed by atoms with van der Waals surface area (Å²) in [4.78, 5) is 22.2. The van der Waals surface area contributed by atoms with Gasteiger partial charge < -0.3 is 14.6 Å². The number of aliphatic carboxylic acids is 1. The van der Waals surface area contributed by atoms with Crippen LogP contribution in [0.25, 0.3) is 0 Å². The van der Waals surface area contributed by atoms with Gasteiger partial charge in [-0.15, -0.1) is 0 Å². The van der Waals surface area contributed by atoms with Crippen LogP contribution in [-0.4, -0.2) is 31.1 Å². The number of ketones is 1. The molecule has 0 amide bonds. The van der Waals surface area contributed by atoms with Gasteiger partial charge in [0.25, 0.3) is 5.78 Å². The largest absolute Gasteiger partial charge is 0.492 e. The lowest BCUT2D eigenvalue weighted by Gasteiger charge is -2.13. The Morgan fingerprint density at radius 3 is 2.24 bits per heavy atom. The Balaban J connectivity index is 3.58. The minimum atomic E-state index is -1.62. The molecule has 1 aromatic carbocycles. The zero-order valence-corrected chi connectivity index (χ0v) is 11.3. The number of carbonyl (C=O) groups excluding carboxylic acids is 1. The van der Waals surface area contributed by atoms with E-state index in [0.717, 1.165) is 0 Å². The average Bonchev–Trinajstić information content (AvgIpc) is 2.27. The van der Waals surface area contributed by atoms with Crippen LogP contribution in [0.1, 0.15) is 10.4 Å². The van der Waals surface area contributed by atoms with Crippen LogP contribution in [0, 0.1) is 0 Å². The van der Waals surface area contributed by atoms with Crippen LogP contribution in [0.3, 0.4) is 0 Å². The molecule has 0 aliphatic rings. The number of carboxylic acid groups (broad SMARTS) is 1. The fraction of sp³-hybridized carbons (Fsp3) is 0.200. The first-order chi connectivity index (χ1) is 7.93. The third-order valence-electron chi connectivity index (χ3n) is 1.97. The maximum atomic E-state index is 11.5. The van der Waals surface area contributed by atoms with Crippen molar-refractivity contribution in [2.45, 2.75) is 0 Å². The molecule has 7 heteroatoms. The number of Topliss-reactive ketones (excluding diaryl/α,β-unsaturated/α-hetero) is 1. The Kier molecular flexibility index (Phi) is 4.36. The predicted molar refractivity (Wildman–Crippen MR) is 64.2 cm³/mol. The van der Waals surface area contributed by atoms with Crippen LogP contribution < -0.4 is 9.47 Å². The van der Waals surface area contributed by atoms with Crippen molar-refractivity contribution >= 4 is 39.3 Å². The lowest BCUT2D eigenvalue weighted by Crippen LogP contribution is -2.15. The molecule has 0 heterocycles. The smallest absolute Gasteiger partial charge is 0.377 e. The fourth-order valence-corrected chi connectivity index (χ4v) is 2.27. The molecule has 0 bridgehead atoms. The topological polar surface area (TPSA) is 72.8 Å². The lowest BCUT2D eigenvalue weighted by molar-refractivity contribution is -0.131. The summed E-state index contributed by atoms with van der Waals surface area (Å²) >= 11 is 9.00. The summed E-state index contributed by atoms with van der Waals surface area (Å²) in [5, 5.41) is 8.67. The molecule has 5 nitrogen and oxygen atoms in total. The number of hydrogen-bond donors (Lipinski definition) is 1. The number of hydrogen-bond acceptors (Lipinski definition) is 4. The van der Waals surface area contributed by atoms with Crippen LogP contribution in [-0.2, 0) is 4.79 Å². The first-order valence-corrected chi connectivity index (χ1v) is 5.48. The molecule has 0 spiro atoms. The van der Waals surface area contributed by atoms with Crippen molar-refractivity contribution < 1.29 is 24.2 Å². The summed E-state index contributed by atoms with van der Waals surface area (Å²) in [6, 6.07) is 1.37. The number of halogens is 2. The zero-order chi connectivity index (χ0) is 13.2. The number of benzene rings is 1. The van der Waals surface area contributed by atoms with Crippen LogP contribution in [0.15, 0.2) is 10.5 Å². The molecule has 0 aromatic heterocycles. The fourth-order valence-electron chi connectivity index (χ4n) is 1.28. The summed E-state index contributed by atoms with van der Waals surface area (Å²) in [7, 11) is 2.66. The van der Waals surface area contributed by atoms with Gasteiger partial charge in [-0.25, -0.2) is 4.79 Å². The number of carbonyl (C=O) groups is 2. The van der Waals surface area contributed by atoms with Gasteiger partial charge in [0.15, 0.2) is 11.5 Å². The van der Waals surface area contributed by atoms with Crippen molar-refractivity contribution in [1.82, 2.24) is 0 Å². The van der Waals surface area contributed by atoms with E-state index in [2.05, 4.69) is 15.9 Å². The molecule has 0 saturated carbocycles. The van der Waals surface area contributed by atoms with Crippen LogP contribution in [0.5, 0.6) is 11.5 Å². The monoisotopic (exact) mass is 322 g/mol. The summed E-state index contributed by atoms with van der Waals surface area (Å²) in [6.07, 6.45) is 0. The van der Waals surface area contributed by atoms with Gasteiger partial charge in [0.2, 0.25) is 0 Å². The Bertz CT molecular complexity index is 486. The molecule has 92 valence electrons.